The van der Waals surface area contributed by atoms with E-state index in [4.69, 9.17) is 4.74 Å². The lowest BCUT2D eigenvalue weighted by molar-refractivity contribution is 0.0889. The molecule has 0 N–H and O–H groups in total. The summed E-state index contributed by atoms with van der Waals surface area (Å²) in [5, 5.41) is 0. The normalized spacial score (nSPS) is 12.8. The monoisotopic (exact) mass is 283 g/mol. The van der Waals surface area contributed by atoms with Gasteiger partial charge in [-0.25, -0.2) is 0 Å². The third-order valence-electron chi connectivity index (χ3n) is 4.09. The molecule has 20 heavy (non-hydrogen) atoms. The highest BCUT2D eigenvalue weighted by Gasteiger charge is 2.07. The molecule has 0 spiro atoms. The van der Waals surface area contributed by atoms with E-state index in [1.165, 1.54) is 89.9 Å². The van der Waals surface area contributed by atoms with Crippen molar-refractivity contribution in [2.45, 2.75) is 117 Å². The summed E-state index contributed by atoms with van der Waals surface area (Å²) in [5.74, 6) is 0. The van der Waals surface area contributed by atoms with Gasteiger partial charge in [-0.1, -0.05) is 90.9 Å². The lowest BCUT2D eigenvalue weighted by Crippen LogP contribution is -2.11. The van der Waals surface area contributed by atoms with Crippen LogP contribution in [0.3, 0.4) is 0 Å². The van der Waals surface area contributed by atoms with Gasteiger partial charge < -0.3 is 4.74 Å². The van der Waals surface area contributed by atoms with Crippen LogP contribution in [-0.4, -0.2) is 6.10 Å². The highest BCUT2D eigenvalue weighted by Crippen LogP contribution is 2.17. The van der Waals surface area contributed by atoms with Crippen LogP contribution in [-0.2, 0) is 4.74 Å². The van der Waals surface area contributed by atoms with Crippen LogP contribution in [0.2, 0.25) is 0 Å². The van der Waals surface area contributed by atoms with Crippen LogP contribution >= 0.6 is 0 Å². The smallest absolute Gasteiger partial charge is 0.0809 e. The molecule has 0 heterocycles. The van der Waals surface area contributed by atoms with Crippen LogP contribution in [0.1, 0.15) is 111 Å². The Kier molecular flexibility index (Phi) is 17.0. The molecular weight excluding hydrogens is 244 g/mol. The first-order valence-corrected chi connectivity index (χ1v) is 9.28. The fraction of sp³-hybridized carbons (Fsp3) is 0.947. The van der Waals surface area contributed by atoms with Crippen molar-refractivity contribution in [2.24, 2.45) is 0 Å². The summed E-state index contributed by atoms with van der Waals surface area (Å²) in [4.78, 5) is 0. The van der Waals surface area contributed by atoms with Crippen LogP contribution in [0, 0.1) is 6.61 Å². The molecule has 0 aliphatic rings. The predicted molar refractivity (Wildman–Crippen MR) is 90.8 cm³/mol. The van der Waals surface area contributed by atoms with Crippen molar-refractivity contribution in [3.63, 3.8) is 0 Å². The van der Waals surface area contributed by atoms with E-state index in [1.807, 2.05) is 13.5 Å². The molecule has 0 bridgehead atoms. The molecule has 0 aliphatic heterocycles. The minimum Gasteiger partial charge on any atom is -0.373 e. The van der Waals surface area contributed by atoms with Crippen LogP contribution < -0.4 is 0 Å². The summed E-state index contributed by atoms with van der Waals surface area (Å²) in [6.07, 6.45) is 19.6. The predicted octanol–water partition coefficient (Wildman–Crippen LogP) is 7.05. The molecule has 0 saturated heterocycles. The molecule has 0 aromatic carbocycles. The Morgan fingerprint density at radius 3 is 1.45 bits per heavy atom. The maximum absolute atomic E-state index is 5.77. The van der Waals surface area contributed by atoms with E-state index >= 15 is 0 Å². The van der Waals surface area contributed by atoms with Gasteiger partial charge in [-0.3, -0.25) is 0 Å². The third-order valence-corrected chi connectivity index (χ3v) is 4.09. The summed E-state index contributed by atoms with van der Waals surface area (Å²) in [6.45, 7) is 8.45. The van der Waals surface area contributed by atoms with Gasteiger partial charge in [0.15, 0.2) is 0 Å². The first-order chi connectivity index (χ1) is 9.85. The number of hydrogen-bond donors (Lipinski definition) is 0. The van der Waals surface area contributed by atoms with Crippen molar-refractivity contribution in [3.8, 4) is 0 Å². The summed E-state index contributed by atoms with van der Waals surface area (Å²) in [7, 11) is 0. The van der Waals surface area contributed by atoms with E-state index in [9.17, 15) is 0 Å². The molecule has 121 valence electrons. The first-order valence-electron chi connectivity index (χ1n) is 9.28. The fourth-order valence-electron chi connectivity index (χ4n) is 2.78. The standard InChI is InChI=1S/C19H39O/c1-4-7-9-11-12-14-16-18-19(20-6-3)17-15-13-10-8-5-2/h6,19H,4-5,7-18H2,1-3H3. The number of unbranched alkanes of at least 4 members (excludes halogenated alkanes) is 10. The Balaban J connectivity index is 3.44. The summed E-state index contributed by atoms with van der Waals surface area (Å²) in [6, 6.07) is 0. The maximum Gasteiger partial charge on any atom is 0.0809 e. The Morgan fingerprint density at radius 1 is 0.650 bits per heavy atom. The summed E-state index contributed by atoms with van der Waals surface area (Å²) in [5.41, 5.74) is 0. The fourth-order valence-corrected chi connectivity index (χ4v) is 2.78. The van der Waals surface area contributed by atoms with Crippen molar-refractivity contribution >= 4 is 0 Å². The van der Waals surface area contributed by atoms with Gasteiger partial charge >= 0.3 is 0 Å². The quantitative estimate of drug-likeness (QED) is 0.276. The van der Waals surface area contributed by atoms with Crippen LogP contribution in [0.15, 0.2) is 0 Å². The van der Waals surface area contributed by atoms with Crippen molar-refractivity contribution < 1.29 is 4.74 Å². The minimum atomic E-state index is 0.484. The van der Waals surface area contributed by atoms with Gasteiger partial charge in [0.1, 0.15) is 0 Å². The molecule has 1 radical (unpaired) electrons. The molecule has 0 rings (SSSR count). The van der Waals surface area contributed by atoms with Gasteiger partial charge in [-0.15, -0.1) is 0 Å². The highest BCUT2D eigenvalue weighted by atomic mass is 16.5. The Morgan fingerprint density at radius 2 is 1.05 bits per heavy atom. The largest absolute Gasteiger partial charge is 0.373 e. The lowest BCUT2D eigenvalue weighted by atomic mass is 10.0. The van der Waals surface area contributed by atoms with Crippen molar-refractivity contribution in [1.82, 2.24) is 0 Å². The van der Waals surface area contributed by atoms with Gasteiger partial charge in [0.05, 0.1) is 12.7 Å². The Bertz CT molecular complexity index is 167. The second kappa shape index (κ2) is 17.0. The summed E-state index contributed by atoms with van der Waals surface area (Å²) < 4.78 is 5.77. The van der Waals surface area contributed by atoms with Crippen LogP contribution in [0.4, 0.5) is 0 Å². The lowest BCUT2D eigenvalue weighted by Gasteiger charge is -2.16. The highest BCUT2D eigenvalue weighted by molar-refractivity contribution is 4.61. The zero-order valence-corrected chi connectivity index (χ0v) is 14.5. The van der Waals surface area contributed by atoms with Gasteiger partial charge in [0.25, 0.3) is 0 Å². The van der Waals surface area contributed by atoms with Crippen molar-refractivity contribution in [1.29, 1.82) is 0 Å². The average Bonchev–Trinajstić information content (AvgIpc) is 2.46. The molecular formula is C19H39O. The minimum absolute atomic E-state index is 0.484. The molecule has 1 heteroatoms. The van der Waals surface area contributed by atoms with E-state index in [0.717, 1.165) is 0 Å². The van der Waals surface area contributed by atoms with Gasteiger partial charge in [0, 0.05) is 0 Å². The van der Waals surface area contributed by atoms with E-state index in [1.54, 1.807) is 0 Å². The third kappa shape index (κ3) is 14.4. The molecule has 0 amide bonds. The second-order valence-corrected chi connectivity index (χ2v) is 6.11. The molecule has 1 atom stereocenters. The first kappa shape index (κ1) is 20.0. The Labute approximate surface area is 128 Å². The van der Waals surface area contributed by atoms with E-state index in [-0.39, 0.29) is 0 Å². The van der Waals surface area contributed by atoms with Crippen molar-refractivity contribution in [2.75, 3.05) is 0 Å². The van der Waals surface area contributed by atoms with Gasteiger partial charge in [-0.2, -0.15) is 0 Å². The van der Waals surface area contributed by atoms with Crippen LogP contribution in [0.5, 0.6) is 0 Å². The van der Waals surface area contributed by atoms with Crippen LogP contribution in [0.25, 0.3) is 0 Å². The number of hydrogen-bond acceptors (Lipinski definition) is 1. The Hall–Kier alpha value is -0.0400. The molecule has 0 aromatic rings. The zero-order valence-electron chi connectivity index (χ0n) is 14.5. The molecule has 0 saturated carbocycles. The molecule has 1 nitrogen and oxygen atoms in total. The zero-order chi connectivity index (χ0) is 14.9. The van der Waals surface area contributed by atoms with Crippen molar-refractivity contribution in [3.05, 3.63) is 6.61 Å². The second-order valence-electron chi connectivity index (χ2n) is 6.11. The summed E-state index contributed by atoms with van der Waals surface area (Å²) >= 11 is 0. The average molecular weight is 284 g/mol. The number of ether oxygens (including phenoxy) is 1. The number of rotatable bonds is 16. The van der Waals surface area contributed by atoms with Gasteiger partial charge in [-0.05, 0) is 19.8 Å². The molecule has 1 unspecified atom stereocenters. The van der Waals surface area contributed by atoms with E-state index in [2.05, 4.69) is 13.8 Å². The van der Waals surface area contributed by atoms with E-state index < -0.39 is 0 Å². The topological polar surface area (TPSA) is 9.23 Å². The van der Waals surface area contributed by atoms with E-state index in [0.29, 0.717) is 6.10 Å². The molecule has 0 aromatic heterocycles. The maximum atomic E-state index is 5.77. The molecule has 0 aliphatic carbocycles. The molecule has 0 fully saturated rings. The SMILES string of the molecule is C[CH]OC(CCCCCCC)CCCCCCCCC. The van der Waals surface area contributed by atoms with Gasteiger partial charge in [0.2, 0.25) is 0 Å².